The van der Waals surface area contributed by atoms with Crippen LogP contribution in [0, 0.1) is 5.92 Å². The van der Waals surface area contributed by atoms with E-state index in [9.17, 15) is 4.79 Å². The van der Waals surface area contributed by atoms with Gasteiger partial charge in [0.25, 0.3) is 0 Å². The third-order valence-corrected chi connectivity index (χ3v) is 6.31. The second kappa shape index (κ2) is 6.71. The molecule has 4 nitrogen and oxygen atoms in total. The maximum atomic E-state index is 13.9. The van der Waals surface area contributed by atoms with Crippen molar-refractivity contribution in [2.45, 2.75) is 57.1 Å². The Hall–Kier alpha value is -2.17. The van der Waals surface area contributed by atoms with Crippen molar-refractivity contribution in [2.24, 2.45) is 5.92 Å². The molecule has 2 aromatic rings. The smallest absolute Gasteiger partial charge is 0.228 e. The van der Waals surface area contributed by atoms with Gasteiger partial charge >= 0.3 is 0 Å². The lowest BCUT2D eigenvalue weighted by molar-refractivity contribution is -0.152. The number of hydrogen-bond donors (Lipinski definition) is 0. The molecular weight excluding hydrogens is 350 g/mol. The molecule has 2 fully saturated rings. The number of carbonyl (C=O) groups excluding carboxylic acids is 1. The van der Waals surface area contributed by atoms with E-state index < -0.39 is 5.72 Å². The van der Waals surface area contributed by atoms with Gasteiger partial charge in [-0.1, -0.05) is 54.6 Å². The molecule has 0 N–H and O–H groups in total. The van der Waals surface area contributed by atoms with Gasteiger partial charge in [-0.15, -0.1) is 0 Å². The zero-order chi connectivity index (χ0) is 19.3. The number of carbonyl (C=O) groups is 1. The van der Waals surface area contributed by atoms with Crippen LogP contribution in [-0.2, 0) is 27.1 Å². The molecule has 146 valence electrons. The lowest BCUT2D eigenvalue weighted by atomic mass is 9.91. The Bertz CT molecular complexity index is 874. The molecular formula is C24H27NO3. The number of hydrogen-bond acceptors (Lipinski definition) is 3. The van der Waals surface area contributed by atoms with Crippen molar-refractivity contribution in [1.29, 1.82) is 0 Å². The van der Waals surface area contributed by atoms with Crippen LogP contribution in [0.3, 0.4) is 0 Å². The Labute approximate surface area is 166 Å². The molecule has 4 atom stereocenters. The lowest BCUT2D eigenvalue weighted by Crippen LogP contribution is -2.48. The van der Waals surface area contributed by atoms with Gasteiger partial charge in [0.05, 0.1) is 24.9 Å². The third kappa shape index (κ3) is 3.15. The van der Waals surface area contributed by atoms with Crippen LogP contribution in [0.1, 0.15) is 43.0 Å². The molecule has 0 aromatic heterocycles. The van der Waals surface area contributed by atoms with Crippen molar-refractivity contribution in [2.75, 3.05) is 6.61 Å². The van der Waals surface area contributed by atoms with E-state index in [0.29, 0.717) is 0 Å². The van der Waals surface area contributed by atoms with Gasteiger partial charge < -0.3 is 14.4 Å². The summed E-state index contributed by atoms with van der Waals surface area (Å²) in [5.74, 6) is 0.0952. The van der Waals surface area contributed by atoms with Crippen LogP contribution in [0.5, 0.6) is 0 Å². The van der Waals surface area contributed by atoms with E-state index in [4.69, 9.17) is 9.47 Å². The molecule has 1 unspecified atom stereocenters. The van der Waals surface area contributed by atoms with E-state index >= 15 is 0 Å². The predicted octanol–water partition coefficient (Wildman–Crippen LogP) is 3.90. The summed E-state index contributed by atoms with van der Waals surface area (Å²) in [4.78, 5) is 15.9. The average molecular weight is 377 g/mol. The standard InChI is InChI=1S/C24H27NO3/c1-24(2)25(22-20-11-7-6-10-17(20)14-21(22)28-24)23(26)18(13-19-15-27-19)12-16-8-4-3-5-9-16/h3-11,18-19,21-22H,12-15H2,1-2H3/t18?,19-,21+,22-/m0/s1. The quantitative estimate of drug-likeness (QED) is 0.743. The van der Waals surface area contributed by atoms with Gasteiger partial charge in [0.15, 0.2) is 0 Å². The van der Waals surface area contributed by atoms with Crippen LogP contribution < -0.4 is 0 Å². The van der Waals surface area contributed by atoms with Crippen LogP contribution in [0.15, 0.2) is 54.6 Å². The third-order valence-electron chi connectivity index (χ3n) is 6.31. The van der Waals surface area contributed by atoms with Gasteiger partial charge in [0.1, 0.15) is 5.72 Å². The molecule has 0 spiro atoms. The van der Waals surface area contributed by atoms with Crippen LogP contribution in [0.2, 0.25) is 0 Å². The highest BCUT2D eigenvalue weighted by atomic mass is 16.6. The first-order valence-corrected chi connectivity index (χ1v) is 10.3. The van der Waals surface area contributed by atoms with E-state index in [-0.39, 0.29) is 30.1 Å². The van der Waals surface area contributed by atoms with Crippen molar-refractivity contribution in [1.82, 2.24) is 4.90 Å². The predicted molar refractivity (Wildman–Crippen MR) is 107 cm³/mol. The van der Waals surface area contributed by atoms with Gasteiger partial charge in [-0.2, -0.15) is 0 Å². The van der Waals surface area contributed by atoms with Gasteiger partial charge in [-0.25, -0.2) is 0 Å². The number of epoxide rings is 1. The first-order chi connectivity index (χ1) is 13.5. The summed E-state index contributed by atoms with van der Waals surface area (Å²) in [6, 6.07) is 18.8. The Morgan fingerprint density at radius 2 is 1.86 bits per heavy atom. The van der Waals surface area contributed by atoms with Crippen molar-refractivity contribution in [3.63, 3.8) is 0 Å². The molecule has 4 heteroatoms. The second-order valence-corrected chi connectivity index (χ2v) is 8.74. The molecule has 2 aliphatic heterocycles. The summed E-state index contributed by atoms with van der Waals surface area (Å²) in [5, 5.41) is 0. The maximum Gasteiger partial charge on any atom is 0.228 e. The minimum Gasteiger partial charge on any atom is -0.373 e. The fraction of sp³-hybridized carbons (Fsp3) is 0.458. The van der Waals surface area contributed by atoms with Crippen molar-refractivity contribution >= 4 is 5.91 Å². The first kappa shape index (κ1) is 17.9. The summed E-state index contributed by atoms with van der Waals surface area (Å²) >= 11 is 0. The van der Waals surface area contributed by atoms with Gasteiger partial charge in [-0.3, -0.25) is 4.79 Å². The fourth-order valence-electron chi connectivity index (χ4n) is 5.00. The average Bonchev–Trinajstić information content (AvgIpc) is 3.37. The number of amides is 1. The molecule has 0 radical (unpaired) electrons. The largest absolute Gasteiger partial charge is 0.373 e. The zero-order valence-electron chi connectivity index (χ0n) is 16.5. The molecule has 28 heavy (non-hydrogen) atoms. The minimum atomic E-state index is -0.598. The minimum absolute atomic E-state index is 0.0112. The van der Waals surface area contributed by atoms with Crippen molar-refractivity contribution in [3.05, 3.63) is 71.3 Å². The van der Waals surface area contributed by atoms with E-state index in [0.717, 1.165) is 25.9 Å². The van der Waals surface area contributed by atoms with E-state index in [2.05, 4.69) is 36.4 Å². The molecule has 3 aliphatic rings. The molecule has 0 saturated carbocycles. The van der Waals surface area contributed by atoms with E-state index in [1.54, 1.807) is 0 Å². The molecule has 0 bridgehead atoms. The van der Waals surface area contributed by atoms with Gasteiger partial charge in [-0.05, 0) is 43.4 Å². The highest BCUT2D eigenvalue weighted by molar-refractivity contribution is 5.81. The number of rotatable bonds is 5. The normalized spacial score (nSPS) is 27.9. The molecule has 2 heterocycles. The number of ether oxygens (including phenoxy) is 2. The fourth-order valence-corrected chi connectivity index (χ4v) is 5.00. The summed E-state index contributed by atoms with van der Waals surface area (Å²) in [6.07, 6.45) is 2.66. The number of nitrogens with zero attached hydrogens (tertiary/aromatic N) is 1. The monoisotopic (exact) mass is 377 g/mol. The van der Waals surface area contributed by atoms with Crippen LogP contribution >= 0.6 is 0 Å². The Kier molecular flexibility index (Phi) is 4.29. The first-order valence-electron chi connectivity index (χ1n) is 10.3. The van der Waals surface area contributed by atoms with Crippen LogP contribution in [0.25, 0.3) is 0 Å². The topological polar surface area (TPSA) is 42.1 Å². The second-order valence-electron chi connectivity index (χ2n) is 8.74. The Balaban J connectivity index is 1.46. The molecule has 1 amide bonds. The number of fused-ring (bicyclic) bond motifs is 3. The SMILES string of the molecule is CC1(C)O[C@@H]2Cc3ccccc3[C@@H]2N1C(=O)C(Cc1ccccc1)C[C@H]1CO1. The molecule has 2 aromatic carbocycles. The highest BCUT2D eigenvalue weighted by Crippen LogP contribution is 2.49. The van der Waals surface area contributed by atoms with Gasteiger partial charge in [0.2, 0.25) is 5.91 Å². The molecule has 2 saturated heterocycles. The Morgan fingerprint density at radius 3 is 2.61 bits per heavy atom. The highest BCUT2D eigenvalue weighted by Gasteiger charge is 2.54. The van der Waals surface area contributed by atoms with Crippen LogP contribution in [0.4, 0.5) is 0 Å². The molecule has 5 rings (SSSR count). The Morgan fingerprint density at radius 1 is 1.14 bits per heavy atom. The lowest BCUT2D eigenvalue weighted by Gasteiger charge is -2.36. The van der Waals surface area contributed by atoms with Gasteiger partial charge in [0, 0.05) is 12.3 Å². The summed E-state index contributed by atoms with van der Waals surface area (Å²) in [7, 11) is 0. The summed E-state index contributed by atoms with van der Waals surface area (Å²) < 4.78 is 11.9. The summed E-state index contributed by atoms with van der Waals surface area (Å²) in [5.41, 5.74) is 3.14. The maximum absolute atomic E-state index is 13.9. The van der Waals surface area contributed by atoms with Crippen molar-refractivity contribution < 1.29 is 14.3 Å². The van der Waals surface area contributed by atoms with E-state index in [1.807, 2.05) is 36.9 Å². The molecule has 1 aliphatic carbocycles. The van der Waals surface area contributed by atoms with Crippen LogP contribution in [-0.4, -0.2) is 35.3 Å². The summed E-state index contributed by atoms with van der Waals surface area (Å²) in [6.45, 7) is 4.82. The zero-order valence-corrected chi connectivity index (χ0v) is 16.5. The van der Waals surface area contributed by atoms with Crippen molar-refractivity contribution in [3.8, 4) is 0 Å². The number of benzene rings is 2. The van der Waals surface area contributed by atoms with E-state index in [1.165, 1.54) is 16.7 Å².